The van der Waals surface area contributed by atoms with E-state index >= 15 is 0 Å². The lowest BCUT2D eigenvalue weighted by Gasteiger charge is -2.14. The van der Waals surface area contributed by atoms with Crippen molar-refractivity contribution in [1.29, 1.82) is 5.26 Å². The van der Waals surface area contributed by atoms with Crippen LogP contribution in [0, 0.1) is 11.3 Å². The van der Waals surface area contributed by atoms with Gasteiger partial charge in [-0.2, -0.15) is 5.26 Å². The van der Waals surface area contributed by atoms with Crippen molar-refractivity contribution in [3.63, 3.8) is 0 Å². The van der Waals surface area contributed by atoms with Crippen LogP contribution in [0.25, 0.3) is 0 Å². The molecule has 0 aliphatic carbocycles. The van der Waals surface area contributed by atoms with E-state index in [4.69, 9.17) is 10.00 Å². The number of ether oxygens (including phenoxy) is 1. The van der Waals surface area contributed by atoms with Crippen LogP contribution in [0.1, 0.15) is 25.3 Å². The molecule has 0 saturated carbocycles. The van der Waals surface area contributed by atoms with Crippen molar-refractivity contribution in [1.82, 2.24) is 10.6 Å². The molecule has 1 fully saturated rings. The third-order valence-electron chi connectivity index (χ3n) is 3.48. The van der Waals surface area contributed by atoms with Gasteiger partial charge >= 0.3 is 12.0 Å². The van der Waals surface area contributed by atoms with Crippen LogP contribution in [0.4, 0.5) is 10.5 Å². The molecule has 1 aliphatic rings. The van der Waals surface area contributed by atoms with Crippen molar-refractivity contribution < 1.29 is 23.9 Å². The number of urea groups is 1. The summed E-state index contributed by atoms with van der Waals surface area (Å²) in [5, 5.41) is 15.9. The zero-order valence-electron chi connectivity index (χ0n) is 13.4. The molecule has 2 atom stereocenters. The fourth-order valence-electron chi connectivity index (χ4n) is 2.16. The fraction of sp³-hybridized carbons (Fsp3) is 0.312. The minimum absolute atomic E-state index is 0.0714. The van der Waals surface area contributed by atoms with Gasteiger partial charge in [-0.15, -0.1) is 0 Å². The Balaban J connectivity index is 1.82. The molecule has 0 bridgehead atoms. The van der Waals surface area contributed by atoms with Gasteiger partial charge in [0.2, 0.25) is 0 Å². The molecule has 0 unspecified atom stereocenters. The van der Waals surface area contributed by atoms with Gasteiger partial charge in [0.05, 0.1) is 11.3 Å². The number of imide groups is 1. The maximum absolute atomic E-state index is 12.1. The van der Waals surface area contributed by atoms with Crippen molar-refractivity contribution >= 4 is 29.5 Å². The molecular weight excluding hydrogens is 328 g/mol. The third kappa shape index (κ3) is 4.78. The molecule has 25 heavy (non-hydrogen) atoms. The van der Waals surface area contributed by atoms with E-state index in [1.54, 1.807) is 24.3 Å². The van der Waals surface area contributed by atoms with Crippen LogP contribution in [-0.4, -0.2) is 36.0 Å². The summed E-state index contributed by atoms with van der Waals surface area (Å²) in [7, 11) is 0. The Bertz CT molecular complexity index is 755. The standard InChI is InChI=1S/C16H16N4O5/c1-9(14(22)18-11-5-3-2-4-10(11)8-17)25-13(21)7-6-12-15(23)20-16(24)19-12/h2-5,9,12H,6-7H2,1H3,(H,18,22)(H2,19,20,23,24)/t9-,12-/m0/s1. The lowest BCUT2D eigenvalue weighted by atomic mass is 10.1. The molecule has 1 aliphatic heterocycles. The van der Waals surface area contributed by atoms with Gasteiger partial charge in [-0.3, -0.25) is 19.7 Å². The van der Waals surface area contributed by atoms with Gasteiger partial charge in [0.25, 0.3) is 11.8 Å². The highest BCUT2D eigenvalue weighted by atomic mass is 16.5. The average Bonchev–Trinajstić information content (AvgIpc) is 2.90. The molecule has 4 amide bonds. The molecule has 3 N–H and O–H groups in total. The Morgan fingerprint density at radius 1 is 1.36 bits per heavy atom. The molecule has 2 rings (SSSR count). The van der Waals surface area contributed by atoms with Crippen molar-refractivity contribution in [3.05, 3.63) is 29.8 Å². The molecule has 1 aromatic rings. The number of carbonyl (C=O) groups excluding carboxylic acids is 4. The number of hydrogen-bond donors (Lipinski definition) is 3. The lowest BCUT2D eigenvalue weighted by Crippen LogP contribution is -2.32. The highest BCUT2D eigenvalue weighted by Crippen LogP contribution is 2.14. The first-order chi connectivity index (χ1) is 11.9. The predicted octanol–water partition coefficient (Wildman–Crippen LogP) is 0.417. The van der Waals surface area contributed by atoms with Crippen LogP contribution in [0.5, 0.6) is 0 Å². The van der Waals surface area contributed by atoms with E-state index in [0.29, 0.717) is 5.69 Å². The van der Waals surface area contributed by atoms with Gasteiger partial charge in [-0.25, -0.2) is 4.79 Å². The van der Waals surface area contributed by atoms with Gasteiger partial charge in [0.15, 0.2) is 6.10 Å². The molecular formula is C16H16N4O5. The Labute approximate surface area is 143 Å². The number of nitrogens with zero attached hydrogens (tertiary/aromatic N) is 1. The largest absolute Gasteiger partial charge is 0.453 e. The number of nitrogens with one attached hydrogen (secondary N) is 3. The molecule has 0 aromatic heterocycles. The highest BCUT2D eigenvalue weighted by Gasteiger charge is 2.30. The van der Waals surface area contributed by atoms with E-state index in [1.807, 2.05) is 6.07 Å². The van der Waals surface area contributed by atoms with E-state index in [1.165, 1.54) is 6.92 Å². The van der Waals surface area contributed by atoms with Gasteiger partial charge < -0.3 is 15.4 Å². The van der Waals surface area contributed by atoms with Crippen LogP contribution in [0.2, 0.25) is 0 Å². The molecule has 9 nitrogen and oxygen atoms in total. The highest BCUT2D eigenvalue weighted by molar-refractivity contribution is 6.04. The normalized spacial score (nSPS) is 17.0. The Hall–Kier alpha value is -3.41. The lowest BCUT2D eigenvalue weighted by molar-refractivity contribution is -0.153. The Kier molecular flexibility index (Phi) is 5.68. The van der Waals surface area contributed by atoms with E-state index in [0.717, 1.165) is 0 Å². The number of anilines is 1. The molecule has 1 saturated heterocycles. The number of para-hydroxylation sites is 1. The second-order valence-corrected chi connectivity index (χ2v) is 5.33. The van der Waals surface area contributed by atoms with Crippen molar-refractivity contribution in [2.75, 3.05) is 5.32 Å². The SMILES string of the molecule is C[C@H](OC(=O)CC[C@@H]1NC(=O)NC1=O)C(=O)Nc1ccccc1C#N. The first-order valence-corrected chi connectivity index (χ1v) is 7.51. The summed E-state index contributed by atoms with van der Waals surface area (Å²) in [6.45, 7) is 1.40. The quantitative estimate of drug-likeness (QED) is 0.505. The number of amides is 4. The van der Waals surface area contributed by atoms with Gasteiger partial charge in [0, 0.05) is 6.42 Å². The van der Waals surface area contributed by atoms with Gasteiger partial charge in [-0.1, -0.05) is 12.1 Å². The number of nitriles is 1. The second-order valence-electron chi connectivity index (χ2n) is 5.33. The maximum Gasteiger partial charge on any atom is 0.322 e. The van der Waals surface area contributed by atoms with Crippen molar-refractivity contribution in [2.24, 2.45) is 0 Å². The monoisotopic (exact) mass is 344 g/mol. The molecule has 1 heterocycles. The average molecular weight is 344 g/mol. The zero-order chi connectivity index (χ0) is 18.4. The topological polar surface area (TPSA) is 137 Å². The molecule has 0 spiro atoms. The van der Waals surface area contributed by atoms with E-state index in [9.17, 15) is 19.2 Å². The number of rotatable bonds is 6. The summed E-state index contributed by atoms with van der Waals surface area (Å²) in [4.78, 5) is 46.2. The first kappa shape index (κ1) is 17.9. The maximum atomic E-state index is 12.1. The van der Waals surface area contributed by atoms with Crippen LogP contribution < -0.4 is 16.0 Å². The second kappa shape index (κ2) is 7.92. The molecule has 0 radical (unpaired) electrons. The fourth-order valence-corrected chi connectivity index (χ4v) is 2.16. The van der Waals surface area contributed by atoms with Crippen molar-refractivity contribution in [3.8, 4) is 6.07 Å². The minimum atomic E-state index is -1.08. The summed E-state index contributed by atoms with van der Waals surface area (Å²) in [5.41, 5.74) is 0.612. The number of carbonyl (C=O) groups is 4. The Morgan fingerprint density at radius 2 is 2.08 bits per heavy atom. The van der Waals surface area contributed by atoms with E-state index in [2.05, 4.69) is 16.0 Å². The van der Waals surface area contributed by atoms with Gasteiger partial charge in [-0.05, 0) is 25.5 Å². The molecule has 9 heteroatoms. The summed E-state index contributed by atoms with van der Waals surface area (Å²) < 4.78 is 5.00. The van der Waals surface area contributed by atoms with Crippen LogP contribution in [0.15, 0.2) is 24.3 Å². The number of esters is 1. The summed E-state index contributed by atoms with van der Waals surface area (Å²) in [6, 6.07) is 6.99. The molecule has 1 aromatic carbocycles. The molecule has 130 valence electrons. The predicted molar refractivity (Wildman–Crippen MR) is 85.0 cm³/mol. The summed E-state index contributed by atoms with van der Waals surface area (Å²) in [6.07, 6.45) is -1.14. The van der Waals surface area contributed by atoms with Crippen LogP contribution >= 0.6 is 0 Å². The smallest absolute Gasteiger partial charge is 0.322 e. The van der Waals surface area contributed by atoms with E-state index < -0.39 is 36.0 Å². The summed E-state index contributed by atoms with van der Waals surface area (Å²) >= 11 is 0. The van der Waals surface area contributed by atoms with Crippen LogP contribution in [-0.2, 0) is 19.1 Å². The zero-order valence-corrected chi connectivity index (χ0v) is 13.4. The number of benzene rings is 1. The summed E-state index contributed by atoms with van der Waals surface area (Å²) in [5.74, 6) is -1.76. The minimum Gasteiger partial charge on any atom is -0.453 e. The van der Waals surface area contributed by atoms with E-state index in [-0.39, 0.29) is 18.4 Å². The number of hydrogen-bond acceptors (Lipinski definition) is 6. The third-order valence-corrected chi connectivity index (χ3v) is 3.48. The van der Waals surface area contributed by atoms with Gasteiger partial charge in [0.1, 0.15) is 12.1 Å². The van der Waals surface area contributed by atoms with Crippen molar-refractivity contribution in [2.45, 2.75) is 31.9 Å². The Morgan fingerprint density at radius 3 is 2.72 bits per heavy atom. The van der Waals surface area contributed by atoms with Crippen LogP contribution in [0.3, 0.4) is 0 Å². The first-order valence-electron chi connectivity index (χ1n) is 7.51.